The molecule has 5 heteroatoms. The molecule has 5 nitrogen and oxygen atoms in total. The van der Waals surface area contributed by atoms with Gasteiger partial charge in [0.25, 0.3) is 0 Å². The van der Waals surface area contributed by atoms with Gasteiger partial charge in [-0.25, -0.2) is 0 Å². The predicted molar refractivity (Wildman–Crippen MR) is 60.3 cm³/mol. The van der Waals surface area contributed by atoms with Crippen molar-refractivity contribution in [2.24, 2.45) is 5.11 Å². The average Bonchev–Trinajstić information content (AvgIpc) is 2.30. The lowest BCUT2D eigenvalue weighted by atomic mass is 10.2. The first-order chi connectivity index (χ1) is 7.77. The summed E-state index contributed by atoms with van der Waals surface area (Å²) in [6.07, 6.45) is 2.08. The number of nitrogens with zero attached hydrogens (tertiary/aromatic N) is 3. The second-order valence-corrected chi connectivity index (χ2v) is 3.22. The lowest BCUT2D eigenvalue weighted by Crippen LogP contribution is -1.97. The molecule has 0 aromatic heterocycles. The van der Waals surface area contributed by atoms with E-state index in [1.165, 1.54) is 0 Å². The SMILES string of the molecule is CCCCOc1ccc(C(=O)N=[N+]=[N-])cc1. The number of ether oxygens (including phenoxy) is 1. The van der Waals surface area contributed by atoms with Gasteiger partial charge in [-0.3, -0.25) is 4.79 Å². The van der Waals surface area contributed by atoms with Crippen LogP contribution in [0.15, 0.2) is 29.4 Å². The van der Waals surface area contributed by atoms with Gasteiger partial charge in [-0.1, -0.05) is 13.3 Å². The van der Waals surface area contributed by atoms with Crippen molar-refractivity contribution in [3.8, 4) is 5.75 Å². The molecule has 0 spiro atoms. The highest BCUT2D eigenvalue weighted by atomic mass is 16.5. The normalized spacial score (nSPS) is 9.31. The van der Waals surface area contributed by atoms with Crippen LogP contribution >= 0.6 is 0 Å². The van der Waals surface area contributed by atoms with Crippen LogP contribution in [-0.4, -0.2) is 12.5 Å². The number of azide groups is 1. The molecule has 0 radical (unpaired) electrons. The summed E-state index contributed by atoms with van der Waals surface area (Å²) < 4.78 is 5.43. The molecule has 0 aliphatic heterocycles. The highest BCUT2D eigenvalue weighted by Gasteiger charge is 2.02. The van der Waals surface area contributed by atoms with E-state index in [4.69, 9.17) is 10.3 Å². The smallest absolute Gasteiger partial charge is 0.249 e. The predicted octanol–water partition coefficient (Wildman–Crippen LogP) is 3.32. The molecule has 1 amide bonds. The zero-order chi connectivity index (χ0) is 11.8. The molecule has 0 bridgehead atoms. The summed E-state index contributed by atoms with van der Waals surface area (Å²) in [6, 6.07) is 6.54. The van der Waals surface area contributed by atoms with Gasteiger partial charge in [-0.15, -0.1) is 0 Å². The molecule has 0 fully saturated rings. The van der Waals surface area contributed by atoms with Crippen molar-refractivity contribution in [2.75, 3.05) is 6.61 Å². The molecule has 84 valence electrons. The fourth-order valence-corrected chi connectivity index (χ4v) is 1.13. The van der Waals surface area contributed by atoms with E-state index in [-0.39, 0.29) is 0 Å². The average molecular weight is 219 g/mol. The molecule has 1 aromatic rings. The Kier molecular flexibility index (Phi) is 4.89. The Morgan fingerprint density at radius 3 is 2.69 bits per heavy atom. The van der Waals surface area contributed by atoms with Gasteiger partial charge < -0.3 is 4.74 Å². The summed E-state index contributed by atoms with van der Waals surface area (Å²) in [6.45, 7) is 2.76. The number of hydrogen-bond donors (Lipinski definition) is 0. The third kappa shape index (κ3) is 3.63. The van der Waals surface area contributed by atoms with E-state index in [2.05, 4.69) is 16.9 Å². The van der Waals surface area contributed by atoms with Gasteiger partial charge in [-0.05, 0) is 41.3 Å². The van der Waals surface area contributed by atoms with Crippen molar-refractivity contribution >= 4 is 5.91 Å². The molecule has 0 saturated carbocycles. The molecule has 1 rings (SSSR count). The summed E-state index contributed by atoms with van der Waals surface area (Å²) in [5.41, 5.74) is 8.47. The number of carbonyl (C=O) groups is 1. The van der Waals surface area contributed by atoms with Gasteiger partial charge in [0.1, 0.15) is 5.75 Å². The Hall–Kier alpha value is -2.00. The standard InChI is InChI=1S/C11H13N3O2/c1-2-3-8-16-10-6-4-9(5-7-10)11(15)13-14-12/h4-7H,2-3,8H2,1H3. The van der Waals surface area contributed by atoms with Crippen molar-refractivity contribution in [3.63, 3.8) is 0 Å². The number of benzene rings is 1. The third-order valence-electron chi connectivity index (χ3n) is 2.00. The lowest BCUT2D eigenvalue weighted by molar-refractivity contribution is 0.100. The molecule has 0 atom stereocenters. The number of rotatable bonds is 5. The monoisotopic (exact) mass is 219 g/mol. The van der Waals surface area contributed by atoms with Crippen LogP contribution in [0, 0.1) is 0 Å². The second-order valence-electron chi connectivity index (χ2n) is 3.22. The quantitative estimate of drug-likeness (QED) is 0.329. The van der Waals surface area contributed by atoms with E-state index in [1.807, 2.05) is 0 Å². The van der Waals surface area contributed by atoms with E-state index < -0.39 is 5.91 Å². The Balaban J connectivity index is 2.60. The molecule has 0 heterocycles. The van der Waals surface area contributed by atoms with Gasteiger partial charge in [0.05, 0.1) is 6.61 Å². The summed E-state index contributed by atoms with van der Waals surface area (Å²) >= 11 is 0. The maximum atomic E-state index is 11.2. The molecule has 0 aliphatic carbocycles. The number of carbonyl (C=O) groups excluding carboxylic acids is 1. The summed E-state index contributed by atoms with van der Waals surface area (Å²) in [5.74, 6) is 0.133. The second kappa shape index (κ2) is 6.48. The molecular formula is C11H13N3O2. The van der Waals surface area contributed by atoms with Crippen LogP contribution in [0.3, 0.4) is 0 Å². The van der Waals surface area contributed by atoms with Gasteiger partial charge in [0.2, 0.25) is 5.91 Å². The number of amides is 1. The first kappa shape index (κ1) is 12.1. The minimum Gasteiger partial charge on any atom is -0.494 e. The summed E-state index contributed by atoms with van der Waals surface area (Å²) in [4.78, 5) is 13.6. The van der Waals surface area contributed by atoms with Gasteiger partial charge in [0.15, 0.2) is 0 Å². The molecule has 0 saturated heterocycles. The van der Waals surface area contributed by atoms with Crippen LogP contribution in [0.25, 0.3) is 10.4 Å². The van der Waals surface area contributed by atoms with Crippen LogP contribution in [0.5, 0.6) is 5.75 Å². The van der Waals surface area contributed by atoms with Crippen LogP contribution in [0.1, 0.15) is 30.1 Å². The van der Waals surface area contributed by atoms with E-state index >= 15 is 0 Å². The van der Waals surface area contributed by atoms with E-state index in [0.29, 0.717) is 17.9 Å². The topological polar surface area (TPSA) is 75.1 Å². The molecule has 1 aromatic carbocycles. The number of unbranched alkanes of at least 4 members (excludes halogenated alkanes) is 1. The number of hydrogen-bond acceptors (Lipinski definition) is 2. The minimum atomic E-state index is -0.581. The summed E-state index contributed by atoms with van der Waals surface area (Å²) in [5, 5.41) is 3.00. The Labute approximate surface area is 93.7 Å². The van der Waals surface area contributed by atoms with Crippen molar-refractivity contribution in [1.29, 1.82) is 0 Å². The first-order valence-electron chi connectivity index (χ1n) is 5.10. The van der Waals surface area contributed by atoms with Gasteiger partial charge >= 0.3 is 0 Å². The van der Waals surface area contributed by atoms with Crippen molar-refractivity contribution in [2.45, 2.75) is 19.8 Å². The maximum absolute atomic E-state index is 11.2. The Morgan fingerprint density at radius 1 is 1.44 bits per heavy atom. The molecule has 0 N–H and O–H groups in total. The zero-order valence-corrected chi connectivity index (χ0v) is 9.09. The zero-order valence-electron chi connectivity index (χ0n) is 9.09. The third-order valence-corrected chi connectivity index (χ3v) is 2.00. The van der Waals surface area contributed by atoms with E-state index in [0.717, 1.165) is 12.8 Å². The highest BCUT2D eigenvalue weighted by Crippen LogP contribution is 2.13. The maximum Gasteiger partial charge on any atom is 0.249 e. The van der Waals surface area contributed by atoms with E-state index in [9.17, 15) is 4.79 Å². The molecule has 16 heavy (non-hydrogen) atoms. The van der Waals surface area contributed by atoms with Crippen LogP contribution in [0.4, 0.5) is 0 Å². The van der Waals surface area contributed by atoms with Crippen molar-refractivity contribution < 1.29 is 9.53 Å². The van der Waals surface area contributed by atoms with Crippen molar-refractivity contribution in [3.05, 3.63) is 40.3 Å². The molecular weight excluding hydrogens is 206 g/mol. The van der Waals surface area contributed by atoms with Crippen molar-refractivity contribution in [1.82, 2.24) is 0 Å². The minimum absolute atomic E-state index is 0.362. The Bertz CT molecular complexity index is 394. The fourth-order valence-electron chi connectivity index (χ4n) is 1.13. The largest absolute Gasteiger partial charge is 0.494 e. The van der Waals surface area contributed by atoms with Gasteiger partial charge in [0, 0.05) is 10.5 Å². The van der Waals surface area contributed by atoms with Crippen LogP contribution in [-0.2, 0) is 0 Å². The van der Waals surface area contributed by atoms with E-state index in [1.54, 1.807) is 24.3 Å². The van der Waals surface area contributed by atoms with Crippen LogP contribution in [0.2, 0.25) is 0 Å². The lowest BCUT2D eigenvalue weighted by Gasteiger charge is -2.04. The first-order valence-corrected chi connectivity index (χ1v) is 5.10. The summed E-state index contributed by atoms with van der Waals surface area (Å²) in [7, 11) is 0. The van der Waals surface area contributed by atoms with Crippen LogP contribution < -0.4 is 4.74 Å². The fraction of sp³-hybridized carbons (Fsp3) is 0.364. The Morgan fingerprint density at radius 2 is 2.12 bits per heavy atom. The highest BCUT2D eigenvalue weighted by molar-refractivity contribution is 5.94. The van der Waals surface area contributed by atoms with Gasteiger partial charge in [-0.2, -0.15) is 0 Å². The molecule has 0 unspecified atom stereocenters. The molecule has 0 aliphatic rings.